The molecule has 138 valence electrons. The summed E-state index contributed by atoms with van der Waals surface area (Å²) in [6, 6.07) is 19.4. The number of nitrogen functional groups attached to an aromatic ring is 1. The zero-order valence-corrected chi connectivity index (χ0v) is 15.4. The second kappa shape index (κ2) is 8.96. The minimum absolute atomic E-state index is 0.625. The molecule has 3 aromatic rings. The number of nitrogens with zero attached hydrogens (tertiary/aromatic N) is 2. The fourth-order valence-electron chi connectivity index (χ4n) is 3.17. The molecule has 0 amide bonds. The van der Waals surface area contributed by atoms with Gasteiger partial charge in [0.1, 0.15) is 0 Å². The van der Waals surface area contributed by atoms with Crippen molar-refractivity contribution in [3.63, 3.8) is 0 Å². The lowest BCUT2D eigenvalue weighted by Crippen LogP contribution is -2.24. The number of pyridine rings is 1. The van der Waals surface area contributed by atoms with E-state index < -0.39 is 0 Å². The van der Waals surface area contributed by atoms with E-state index in [1.165, 1.54) is 0 Å². The molecule has 2 aromatic carbocycles. The lowest BCUT2D eigenvalue weighted by Gasteiger charge is -2.27. The van der Waals surface area contributed by atoms with Crippen molar-refractivity contribution >= 4 is 23.5 Å². The van der Waals surface area contributed by atoms with Crippen LogP contribution in [0.15, 0.2) is 66.9 Å². The van der Waals surface area contributed by atoms with Crippen LogP contribution in [0.25, 0.3) is 11.1 Å². The first-order chi connectivity index (χ1) is 13.3. The van der Waals surface area contributed by atoms with Gasteiger partial charge in [-0.2, -0.15) is 0 Å². The number of hydrogen-bond acceptors (Lipinski definition) is 5. The molecule has 0 fully saturated rings. The summed E-state index contributed by atoms with van der Waals surface area (Å²) >= 11 is 0. The molecule has 5 nitrogen and oxygen atoms in total. The second-order valence-corrected chi connectivity index (χ2v) is 6.25. The molecule has 0 aliphatic heterocycles. The Morgan fingerprint density at radius 1 is 1.04 bits per heavy atom. The first kappa shape index (κ1) is 18.6. The number of carbonyl (C=O) groups is 1. The van der Waals surface area contributed by atoms with Crippen LogP contribution < -0.4 is 16.0 Å². The van der Waals surface area contributed by atoms with E-state index in [0.717, 1.165) is 48.4 Å². The number of nitrogens with two attached hydrogens (primary N) is 1. The fraction of sp³-hybridized carbons (Fsp3) is 0.182. The predicted molar refractivity (Wildman–Crippen MR) is 111 cm³/mol. The van der Waals surface area contributed by atoms with Gasteiger partial charge < -0.3 is 16.0 Å². The number of para-hydroxylation sites is 1. The van der Waals surface area contributed by atoms with Crippen molar-refractivity contribution < 1.29 is 4.79 Å². The van der Waals surface area contributed by atoms with E-state index in [-0.39, 0.29) is 0 Å². The molecule has 0 bridgehead atoms. The van der Waals surface area contributed by atoms with Crippen molar-refractivity contribution in [2.45, 2.75) is 6.42 Å². The standard InChI is InChI=1S/C22H24N4O/c1-24-13-7-15-26(22-20(23)11-6-14-25-22)21-12-5-4-10-19(21)18-9-3-2-8-17(18)16-27/h2-6,8-12,14,16,24H,7,13,15,23H2,1H3. The number of rotatable bonds is 8. The SMILES string of the molecule is CNCCCN(c1ccccc1-c1ccccc1C=O)c1ncccc1N. The maximum absolute atomic E-state index is 11.6. The van der Waals surface area contributed by atoms with Crippen LogP contribution in [0.5, 0.6) is 0 Å². The summed E-state index contributed by atoms with van der Waals surface area (Å²) in [4.78, 5) is 18.2. The quantitative estimate of drug-likeness (QED) is 0.471. The molecule has 0 aliphatic rings. The van der Waals surface area contributed by atoms with E-state index in [1.807, 2.05) is 67.7 Å². The molecular weight excluding hydrogens is 336 g/mol. The van der Waals surface area contributed by atoms with Gasteiger partial charge in [-0.25, -0.2) is 4.98 Å². The lowest BCUT2D eigenvalue weighted by molar-refractivity contribution is 0.112. The van der Waals surface area contributed by atoms with Crippen molar-refractivity contribution in [2.75, 3.05) is 30.8 Å². The monoisotopic (exact) mass is 360 g/mol. The first-order valence-corrected chi connectivity index (χ1v) is 9.02. The maximum Gasteiger partial charge on any atom is 0.156 e. The van der Waals surface area contributed by atoms with E-state index in [9.17, 15) is 4.79 Å². The third kappa shape index (κ3) is 4.15. The largest absolute Gasteiger partial charge is 0.396 e. The molecule has 0 spiro atoms. The Labute approximate surface area is 159 Å². The zero-order valence-electron chi connectivity index (χ0n) is 15.4. The third-order valence-corrected chi connectivity index (χ3v) is 4.45. The van der Waals surface area contributed by atoms with E-state index >= 15 is 0 Å². The highest BCUT2D eigenvalue weighted by Gasteiger charge is 2.18. The average Bonchev–Trinajstić information content (AvgIpc) is 2.72. The van der Waals surface area contributed by atoms with Gasteiger partial charge >= 0.3 is 0 Å². The minimum atomic E-state index is 0.625. The number of benzene rings is 2. The van der Waals surface area contributed by atoms with Crippen molar-refractivity contribution in [1.82, 2.24) is 10.3 Å². The zero-order chi connectivity index (χ0) is 19.1. The Bertz CT molecular complexity index is 910. The number of nitrogens with one attached hydrogen (secondary N) is 1. The fourth-order valence-corrected chi connectivity index (χ4v) is 3.17. The van der Waals surface area contributed by atoms with Gasteiger partial charge in [-0.1, -0.05) is 42.5 Å². The smallest absolute Gasteiger partial charge is 0.156 e. The lowest BCUT2D eigenvalue weighted by atomic mass is 9.98. The van der Waals surface area contributed by atoms with E-state index in [1.54, 1.807) is 6.20 Å². The van der Waals surface area contributed by atoms with Crippen molar-refractivity contribution in [3.05, 3.63) is 72.4 Å². The summed E-state index contributed by atoms with van der Waals surface area (Å²) < 4.78 is 0. The molecule has 0 unspecified atom stereocenters. The van der Waals surface area contributed by atoms with Crippen LogP contribution in [0.2, 0.25) is 0 Å². The average molecular weight is 360 g/mol. The molecule has 0 radical (unpaired) electrons. The van der Waals surface area contributed by atoms with Gasteiger partial charge in [0.05, 0.1) is 11.4 Å². The number of aldehydes is 1. The van der Waals surface area contributed by atoms with Crippen LogP contribution >= 0.6 is 0 Å². The van der Waals surface area contributed by atoms with Gasteiger partial charge in [-0.15, -0.1) is 0 Å². The molecule has 27 heavy (non-hydrogen) atoms. The van der Waals surface area contributed by atoms with Crippen LogP contribution in [0.4, 0.5) is 17.2 Å². The van der Waals surface area contributed by atoms with Crippen molar-refractivity contribution in [1.29, 1.82) is 0 Å². The molecule has 0 saturated carbocycles. The topological polar surface area (TPSA) is 71.2 Å². The molecular formula is C22H24N4O. The normalized spacial score (nSPS) is 10.6. The van der Waals surface area contributed by atoms with Crippen LogP contribution in [0, 0.1) is 0 Å². The minimum Gasteiger partial charge on any atom is -0.396 e. The molecule has 0 atom stereocenters. The van der Waals surface area contributed by atoms with Gasteiger partial charge in [0.2, 0.25) is 0 Å². The van der Waals surface area contributed by atoms with Gasteiger partial charge in [0.25, 0.3) is 0 Å². The molecule has 0 aliphatic carbocycles. The highest BCUT2D eigenvalue weighted by Crippen LogP contribution is 2.37. The van der Waals surface area contributed by atoms with Gasteiger partial charge in [0, 0.05) is 23.9 Å². The molecule has 1 heterocycles. The highest BCUT2D eigenvalue weighted by atomic mass is 16.1. The number of anilines is 3. The summed E-state index contributed by atoms with van der Waals surface area (Å²) in [6.45, 7) is 1.64. The molecule has 3 N–H and O–H groups in total. The third-order valence-electron chi connectivity index (χ3n) is 4.45. The maximum atomic E-state index is 11.6. The second-order valence-electron chi connectivity index (χ2n) is 6.25. The van der Waals surface area contributed by atoms with Crippen molar-refractivity contribution in [3.8, 4) is 11.1 Å². The Kier molecular flexibility index (Phi) is 6.18. The Hall–Kier alpha value is -3.18. The van der Waals surface area contributed by atoms with Crippen molar-refractivity contribution in [2.24, 2.45) is 0 Å². The van der Waals surface area contributed by atoms with Gasteiger partial charge in [-0.05, 0) is 43.8 Å². The van der Waals surface area contributed by atoms with Gasteiger partial charge in [-0.3, -0.25) is 4.79 Å². The van der Waals surface area contributed by atoms with E-state index in [2.05, 4.69) is 15.2 Å². The summed E-state index contributed by atoms with van der Waals surface area (Å²) in [5.41, 5.74) is 10.4. The summed E-state index contributed by atoms with van der Waals surface area (Å²) in [6.07, 6.45) is 3.57. The van der Waals surface area contributed by atoms with Crippen LogP contribution in [-0.4, -0.2) is 31.4 Å². The van der Waals surface area contributed by atoms with Crippen LogP contribution in [-0.2, 0) is 0 Å². The van der Waals surface area contributed by atoms with Crippen LogP contribution in [0.3, 0.4) is 0 Å². The predicted octanol–water partition coefficient (Wildman–Crippen LogP) is 3.89. The number of hydrogen-bond donors (Lipinski definition) is 2. The Morgan fingerprint density at radius 2 is 1.78 bits per heavy atom. The van der Waals surface area contributed by atoms with Gasteiger partial charge in [0.15, 0.2) is 12.1 Å². The summed E-state index contributed by atoms with van der Waals surface area (Å²) in [5, 5.41) is 3.18. The van der Waals surface area contributed by atoms with E-state index in [0.29, 0.717) is 11.3 Å². The Balaban J connectivity index is 2.13. The molecule has 0 saturated heterocycles. The number of carbonyl (C=O) groups excluding carboxylic acids is 1. The molecule has 1 aromatic heterocycles. The molecule has 3 rings (SSSR count). The number of aromatic nitrogens is 1. The Morgan fingerprint density at radius 3 is 2.52 bits per heavy atom. The van der Waals surface area contributed by atoms with E-state index in [4.69, 9.17) is 5.73 Å². The van der Waals surface area contributed by atoms with Crippen LogP contribution in [0.1, 0.15) is 16.8 Å². The summed E-state index contributed by atoms with van der Waals surface area (Å²) in [7, 11) is 1.94. The summed E-state index contributed by atoms with van der Waals surface area (Å²) in [5.74, 6) is 0.727. The first-order valence-electron chi connectivity index (χ1n) is 9.02. The highest BCUT2D eigenvalue weighted by molar-refractivity contribution is 5.93. The molecule has 5 heteroatoms.